The minimum absolute atomic E-state index is 0.0469. The van der Waals surface area contributed by atoms with Crippen molar-refractivity contribution in [2.24, 2.45) is 0 Å². The third kappa shape index (κ3) is 1.66. The summed E-state index contributed by atoms with van der Waals surface area (Å²) in [5, 5.41) is 0. The molecule has 1 heterocycles. The Hall–Kier alpha value is -1.03. The van der Waals surface area contributed by atoms with Gasteiger partial charge in [0.25, 0.3) is 0 Å². The lowest BCUT2D eigenvalue weighted by Crippen LogP contribution is -2.51. The number of halogens is 1. The number of carbonyl (C=O) groups is 1. The number of anilines is 2. The van der Waals surface area contributed by atoms with Crippen molar-refractivity contribution < 1.29 is 4.79 Å². The molecule has 1 aliphatic carbocycles. The van der Waals surface area contributed by atoms with Crippen molar-refractivity contribution in [1.29, 1.82) is 0 Å². The number of carbonyl (C=O) groups excluding carboxylic acids is 1. The Kier molecular flexibility index (Phi) is 2.43. The fraction of sp³-hybridized carbons (Fsp3) is 0.462. The lowest BCUT2D eigenvalue weighted by Gasteiger charge is -2.40. The Bertz CT molecular complexity index is 484. The smallest absolute Gasteiger partial charge is 0.249 e. The minimum Gasteiger partial charge on any atom is -0.355 e. The van der Waals surface area contributed by atoms with E-state index in [0.29, 0.717) is 6.04 Å². The Morgan fingerprint density at radius 2 is 2.00 bits per heavy atom. The molecule has 2 aliphatic rings. The van der Waals surface area contributed by atoms with E-state index in [4.69, 9.17) is 0 Å². The predicted molar refractivity (Wildman–Crippen MR) is 72.5 cm³/mol. The summed E-state index contributed by atoms with van der Waals surface area (Å²) >= 11 is 3.51. The zero-order chi connectivity index (χ0) is 12.2. The zero-order valence-electron chi connectivity index (χ0n) is 9.98. The molecule has 0 N–H and O–H groups in total. The van der Waals surface area contributed by atoms with Gasteiger partial charge in [-0.05, 0) is 38.0 Å². The maximum atomic E-state index is 12.2. The zero-order valence-corrected chi connectivity index (χ0v) is 11.6. The first-order chi connectivity index (χ1) is 8.09. The summed E-state index contributed by atoms with van der Waals surface area (Å²) in [6.45, 7) is 2.00. The number of hydrogen-bond acceptors (Lipinski definition) is 2. The van der Waals surface area contributed by atoms with Crippen molar-refractivity contribution >= 4 is 33.2 Å². The van der Waals surface area contributed by atoms with Gasteiger partial charge in [0.1, 0.15) is 6.04 Å². The van der Waals surface area contributed by atoms with Gasteiger partial charge in [-0.15, -0.1) is 0 Å². The highest BCUT2D eigenvalue weighted by Gasteiger charge is 2.41. The molecule has 1 aromatic carbocycles. The molecule has 0 saturated heterocycles. The van der Waals surface area contributed by atoms with Crippen molar-refractivity contribution in [3.63, 3.8) is 0 Å². The highest BCUT2D eigenvalue weighted by Crippen LogP contribution is 2.43. The van der Waals surface area contributed by atoms with Crippen molar-refractivity contribution in [3.8, 4) is 0 Å². The summed E-state index contributed by atoms with van der Waals surface area (Å²) < 4.78 is 1.07. The van der Waals surface area contributed by atoms with Crippen LogP contribution in [0, 0.1) is 0 Å². The molecular formula is C13H15BrN2O. The normalized spacial score (nSPS) is 23.9. The molecule has 1 atom stereocenters. The Labute approximate surface area is 110 Å². The van der Waals surface area contributed by atoms with E-state index in [2.05, 4.69) is 26.9 Å². The van der Waals surface area contributed by atoms with E-state index in [1.165, 1.54) is 18.5 Å². The van der Waals surface area contributed by atoms with Gasteiger partial charge in [0.15, 0.2) is 0 Å². The van der Waals surface area contributed by atoms with Crippen LogP contribution in [0.3, 0.4) is 0 Å². The maximum absolute atomic E-state index is 12.2. The molecule has 1 fully saturated rings. The van der Waals surface area contributed by atoms with Gasteiger partial charge in [-0.1, -0.05) is 15.9 Å². The second-order valence-corrected chi connectivity index (χ2v) is 5.76. The SMILES string of the molecule is CC1C(=O)N(C)c2ccc(Br)cc2N1C1CC1. The summed E-state index contributed by atoms with van der Waals surface area (Å²) in [6, 6.07) is 6.63. The molecule has 1 aromatic rings. The molecule has 1 amide bonds. The number of likely N-dealkylation sites (N-methyl/N-ethyl adjacent to an activating group) is 1. The van der Waals surface area contributed by atoms with E-state index in [-0.39, 0.29) is 11.9 Å². The summed E-state index contributed by atoms with van der Waals surface area (Å²) in [5.74, 6) is 0.187. The number of amides is 1. The van der Waals surface area contributed by atoms with Crippen LogP contribution in [0.4, 0.5) is 11.4 Å². The quantitative estimate of drug-likeness (QED) is 0.795. The van der Waals surface area contributed by atoms with Crippen molar-refractivity contribution in [2.75, 3.05) is 16.8 Å². The van der Waals surface area contributed by atoms with Crippen LogP contribution in [-0.4, -0.2) is 25.0 Å². The molecule has 1 unspecified atom stereocenters. The highest BCUT2D eigenvalue weighted by molar-refractivity contribution is 9.10. The number of fused-ring (bicyclic) bond motifs is 1. The van der Waals surface area contributed by atoms with Gasteiger partial charge in [0, 0.05) is 17.6 Å². The molecule has 4 heteroatoms. The summed E-state index contributed by atoms with van der Waals surface area (Å²) in [7, 11) is 1.86. The van der Waals surface area contributed by atoms with Crippen LogP contribution >= 0.6 is 15.9 Å². The standard InChI is InChI=1S/C13H15BrN2O/c1-8-13(17)15(2)11-6-3-9(14)7-12(11)16(8)10-4-5-10/h3,6-8,10H,4-5H2,1-2H3. The van der Waals surface area contributed by atoms with Crippen LogP contribution in [0.2, 0.25) is 0 Å². The largest absolute Gasteiger partial charge is 0.355 e. The van der Waals surface area contributed by atoms with E-state index in [9.17, 15) is 4.79 Å². The average Bonchev–Trinajstić information content (AvgIpc) is 3.10. The Balaban J connectivity index is 2.14. The predicted octanol–water partition coefficient (Wildman–Crippen LogP) is 2.78. The van der Waals surface area contributed by atoms with E-state index in [1.54, 1.807) is 4.90 Å². The van der Waals surface area contributed by atoms with E-state index in [1.807, 2.05) is 26.1 Å². The maximum Gasteiger partial charge on any atom is 0.249 e. The van der Waals surface area contributed by atoms with Gasteiger partial charge in [0.05, 0.1) is 11.4 Å². The summed E-state index contributed by atoms with van der Waals surface area (Å²) in [5.41, 5.74) is 2.19. The lowest BCUT2D eigenvalue weighted by atomic mass is 10.1. The average molecular weight is 295 g/mol. The Morgan fingerprint density at radius 1 is 1.29 bits per heavy atom. The molecule has 17 heavy (non-hydrogen) atoms. The van der Waals surface area contributed by atoms with E-state index in [0.717, 1.165) is 10.2 Å². The second-order valence-electron chi connectivity index (χ2n) is 4.84. The molecule has 0 aromatic heterocycles. The fourth-order valence-electron chi connectivity index (χ4n) is 2.58. The van der Waals surface area contributed by atoms with Gasteiger partial charge in [-0.25, -0.2) is 0 Å². The van der Waals surface area contributed by atoms with Crippen molar-refractivity contribution in [2.45, 2.75) is 31.8 Å². The molecule has 1 saturated carbocycles. The third-order valence-electron chi connectivity index (χ3n) is 3.62. The first-order valence-corrected chi connectivity index (χ1v) is 6.74. The number of nitrogens with zero attached hydrogens (tertiary/aromatic N) is 2. The molecule has 3 nitrogen and oxygen atoms in total. The molecule has 0 spiro atoms. The molecule has 3 rings (SSSR count). The van der Waals surface area contributed by atoms with Gasteiger partial charge in [-0.3, -0.25) is 4.79 Å². The van der Waals surface area contributed by atoms with Crippen molar-refractivity contribution in [1.82, 2.24) is 0 Å². The Morgan fingerprint density at radius 3 is 2.65 bits per heavy atom. The first kappa shape index (κ1) is 11.1. The second kappa shape index (κ2) is 3.73. The van der Waals surface area contributed by atoms with Gasteiger partial charge in [-0.2, -0.15) is 0 Å². The monoisotopic (exact) mass is 294 g/mol. The van der Waals surface area contributed by atoms with E-state index < -0.39 is 0 Å². The van der Waals surface area contributed by atoms with Gasteiger partial charge in [0.2, 0.25) is 5.91 Å². The van der Waals surface area contributed by atoms with Crippen LogP contribution in [0.15, 0.2) is 22.7 Å². The molecular weight excluding hydrogens is 280 g/mol. The molecule has 1 aliphatic heterocycles. The van der Waals surface area contributed by atoms with Crippen LogP contribution in [0.5, 0.6) is 0 Å². The van der Waals surface area contributed by atoms with E-state index >= 15 is 0 Å². The molecule has 0 radical (unpaired) electrons. The van der Waals surface area contributed by atoms with Gasteiger partial charge >= 0.3 is 0 Å². The number of hydrogen-bond donors (Lipinski definition) is 0. The topological polar surface area (TPSA) is 23.6 Å². The van der Waals surface area contributed by atoms with Crippen LogP contribution in [-0.2, 0) is 4.79 Å². The van der Waals surface area contributed by atoms with Crippen LogP contribution < -0.4 is 9.80 Å². The fourth-order valence-corrected chi connectivity index (χ4v) is 2.93. The lowest BCUT2D eigenvalue weighted by molar-refractivity contribution is -0.119. The van der Waals surface area contributed by atoms with Gasteiger partial charge < -0.3 is 9.80 Å². The number of benzene rings is 1. The highest BCUT2D eigenvalue weighted by atomic mass is 79.9. The van der Waals surface area contributed by atoms with Crippen molar-refractivity contribution in [3.05, 3.63) is 22.7 Å². The van der Waals surface area contributed by atoms with Crippen LogP contribution in [0.25, 0.3) is 0 Å². The van der Waals surface area contributed by atoms with Crippen LogP contribution in [0.1, 0.15) is 19.8 Å². The number of rotatable bonds is 1. The summed E-state index contributed by atoms with van der Waals surface area (Å²) in [4.78, 5) is 16.2. The molecule has 0 bridgehead atoms. The first-order valence-electron chi connectivity index (χ1n) is 5.95. The minimum atomic E-state index is -0.0469. The summed E-state index contributed by atoms with van der Waals surface area (Å²) in [6.07, 6.45) is 2.40. The molecule has 90 valence electrons. The third-order valence-corrected chi connectivity index (χ3v) is 4.12.